The molecule has 0 unspecified atom stereocenters. The molecule has 2 rings (SSSR count). The first kappa shape index (κ1) is 13.8. The molecule has 100 valence electrons. The second-order valence-electron chi connectivity index (χ2n) is 3.71. The standard InChI is InChI=1S/C12H7BrF3NO2/c13-6-10(18)11-5-9(17-19-11)7-2-1-3-8(4-7)12(14,15)16/h1-5H,6H2. The van der Waals surface area contributed by atoms with Crippen molar-refractivity contribution in [1.82, 2.24) is 5.16 Å². The summed E-state index contributed by atoms with van der Waals surface area (Å²) in [6.45, 7) is 0. The molecule has 0 radical (unpaired) electrons. The third-order valence-corrected chi connectivity index (χ3v) is 2.90. The predicted octanol–water partition coefficient (Wildman–Crippen LogP) is 3.94. The van der Waals surface area contributed by atoms with E-state index in [1.54, 1.807) is 0 Å². The van der Waals surface area contributed by atoms with E-state index in [0.29, 0.717) is 0 Å². The smallest absolute Gasteiger partial charge is 0.352 e. The van der Waals surface area contributed by atoms with E-state index in [1.165, 1.54) is 18.2 Å². The van der Waals surface area contributed by atoms with Crippen molar-refractivity contribution in [3.63, 3.8) is 0 Å². The van der Waals surface area contributed by atoms with Gasteiger partial charge in [-0.05, 0) is 12.1 Å². The maximum absolute atomic E-state index is 12.6. The lowest BCUT2D eigenvalue weighted by Crippen LogP contribution is -2.04. The van der Waals surface area contributed by atoms with E-state index in [4.69, 9.17) is 4.52 Å². The van der Waals surface area contributed by atoms with Gasteiger partial charge >= 0.3 is 6.18 Å². The van der Waals surface area contributed by atoms with Crippen LogP contribution < -0.4 is 0 Å². The Bertz CT molecular complexity index is 607. The van der Waals surface area contributed by atoms with E-state index in [9.17, 15) is 18.0 Å². The number of aromatic nitrogens is 1. The Balaban J connectivity index is 2.37. The Hall–Kier alpha value is -1.63. The van der Waals surface area contributed by atoms with Crippen molar-refractivity contribution in [2.24, 2.45) is 0 Å². The van der Waals surface area contributed by atoms with Gasteiger partial charge in [-0.2, -0.15) is 13.2 Å². The Morgan fingerprint density at radius 1 is 1.32 bits per heavy atom. The normalized spacial score (nSPS) is 11.6. The zero-order valence-electron chi connectivity index (χ0n) is 9.37. The van der Waals surface area contributed by atoms with Crippen LogP contribution in [-0.4, -0.2) is 16.3 Å². The third-order valence-electron chi connectivity index (χ3n) is 2.39. The van der Waals surface area contributed by atoms with Gasteiger partial charge in [-0.3, -0.25) is 4.79 Å². The molecule has 0 aliphatic rings. The van der Waals surface area contributed by atoms with Crippen LogP contribution in [0.4, 0.5) is 13.2 Å². The fourth-order valence-electron chi connectivity index (χ4n) is 1.46. The molecule has 0 N–H and O–H groups in total. The minimum atomic E-state index is -4.42. The molecule has 1 heterocycles. The van der Waals surface area contributed by atoms with E-state index in [-0.39, 0.29) is 28.1 Å². The summed E-state index contributed by atoms with van der Waals surface area (Å²) in [7, 11) is 0. The van der Waals surface area contributed by atoms with Gasteiger partial charge in [0.15, 0.2) is 0 Å². The summed E-state index contributed by atoms with van der Waals surface area (Å²) in [6, 6.07) is 5.99. The van der Waals surface area contributed by atoms with Crippen molar-refractivity contribution < 1.29 is 22.5 Å². The summed E-state index contributed by atoms with van der Waals surface area (Å²) in [4.78, 5) is 11.3. The molecule has 3 nitrogen and oxygen atoms in total. The fraction of sp³-hybridized carbons (Fsp3) is 0.167. The molecule has 0 atom stereocenters. The molecule has 0 amide bonds. The SMILES string of the molecule is O=C(CBr)c1cc(-c2cccc(C(F)(F)F)c2)no1. The molecule has 0 saturated carbocycles. The highest BCUT2D eigenvalue weighted by molar-refractivity contribution is 9.09. The summed E-state index contributed by atoms with van der Waals surface area (Å²) in [5.74, 6) is -0.324. The molecule has 1 aromatic heterocycles. The van der Waals surface area contributed by atoms with Crippen LogP contribution >= 0.6 is 15.9 Å². The Kier molecular flexibility index (Phi) is 3.75. The van der Waals surface area contributed by atoms with E-state index in [0.717, 1.165) is 12.1 Å². The number of alkyl halides is 4. The van der Waals surface area contributed by atoms with Gasteiger partial charge in [0.1, 0.15) is 5.69 Å². The van der Waals surface area contributed by atoms with Crippen LogP contribution in [0.5, 0.6) is 0 Å². The molecule has 2 aromatic rings. The van der Waals surface area contributed by atoms with Crippen LogP contribution in [-0.2, 0) is 6.18 Å². The average molecular weight is 334 g/mol. The maximum Gasteiger partial charge on any atom is 0.416 e. The predicted molar refractivity (Wildman–Crippen MR) is 65.1 cm³/mol. The zero-order chi connectivity index (χ0) is 14.0. The van der Waals surface area contributed by atoms with Gasteiger partial charge in [-0.25, -0.2) is 0 Å². The number of ketones is 1. The van der Waals surface area contributed by atoms with Crippen LogP contribution in [0.2, 0.25) is 0 Å². The summed E-state index contributed by atoms with van der Waals surface area (Å²) >= 11 is 2.97. The lowest BCUT2D eigenvalue weighted by molar-refractivity contribution is -0.137. The molecule has 19 heavy (non-hydrogen) atoms. The quantitative estimate of drug-likeness (QED) is 0.631. The minimum Gasteiger partial charge on any atom is -0.352 e. The number of benzene rings is 1. The van der Waals surface area contributed by atoms with Crippen molar-refractivity contribution in [2.45, 2.75) is 6.18 Å². The first-order chi connectivity index (χ1) is 8.91. The summed E-state index contributed by atoms with van der Waals surface area (Å²) < 4.78 is 42.5. The molecular weight excluding hydrogens is 327 g/mol. The number of hydrogen-bond acceptors (Lipinski definition) is 3. The molecule has 0 bridgehead atoms. The van der Waals surface area contributed by atoms with Crippen LogP contribution in [0.1, 0.15) is 16.1 Å². The molecule has 0 fully saturated rings. The van der Waals surface area contributed by atoms with Gasteiger partial charge in [-0.1, -0.05) is 33.2 Å². The lowest BCUT2D eigenvalue weighted by atomic mass is 10.1. The van der Waals surface area contributed by atoms with Gasteiger partial charge in [0.25, 0.3) is 0 Å². The van der Waals surface area contributed by atoms with Gasteiger partial charge in [0.2, 0.25) is 11.5 Å². The van der Waals surface area contributed by atoms with Gasteiger partial charge < -0.3 is 4.52 Å². The maximum atomic E-state index is 12.6. The zero-order valence-corrected chi connectivity index (χ0v) is 11.0. The second-order valence-corrected chi connectivity index (χ2v) is 4.27. The highest BCUT2D eigenvalue weighted by atomic mass is 79.9. The molecule has 0 spiro atoms. The molecule has 1 aromatic carbocycles. The minimum absolute atomic E-state index is 0.00397. The summed E-state index contributed by atoms with van der Waals surface area (Å²) in [6.07, 6.45) is -4.42. The number of rotatable bonds is 3. The molecule has 0 aliphatic heterocycles. The Morgan fingerprint density at radius 2 is 2.05 bits per heavy atom. The van der Waals surface area contributed by atoms with Gasteiger partial charge in [0, 0.05) is 11.6 Å². The Labute approximate surface area is 114 Å². The van der Waals surface area contributed by atoms with E-state index >= 15 is 0 Å². The van der Waals surface area contributed by atoms with Crippen LogP contribution in [0, 0.1) is 0 Å². The number of hydrogen-bond donors (Lipinski definition) is 0. The fourth-order valence-corrected chi connectivity index (χ4v) is 1.74. The molecule has 0 saturated heterocycles. The number of carbonyl (C=O) groups is 1. The highest BCUT2D eigenvalue weighted by Gasteiger charge is 2.30. The van der Waals surface area contributed by atoms with E-state index in [1.807, 2.05) is 0 Å². The highest BCUT2D eigenvalue weighted by Crippen LogP contribution is 2.32. The van der Waals surface area contributed by atoms with Crippen molar-refractivity contribution in [3.05, 3.63) is 41.7 Å². The largest absolute Gasteiger partial charge is 0.416 e. The first-order valence-corrected chi connectivity index (χ1v) is 6.27. The summed E-state index contributed by atoms with van der Waals surface area (Å²) in [5.41, 5.74) is -0.344. The van der Waals surface area contributed by atoms with E-state index in [2.05, 4.69) is 21.1 Å². The topological polar surface area (TPSA) is 43.1 Å². The van der Waals surface area contributed by atoms with Crippen molar-refractivity contribution in [1.29, 1.82) is 0 Å². The van der Waals surface area contributed by atoms with Crippen molar-refractivity contribution >= 4 is 21.7 Å². The van der Waals surface area contributed by atoms with E-state index < -0.39 is 11.7 Å². The van der Waals surface area contributed by atoms with Crippen molar-refractivity contribution in [2.75, 3.05) is 5.33 Å². The molecule has 7 heteroatoms. The van der Waals surface area contributed by atoms with Gasteiger partial charge in [-0.15, -0.1) is 0 Å². The van der Waals surface area contributed by atoms with Crippen LogP contribution in [0.25, 0.3) is 11.3 Å². The van der Waals surface area contributed by atoms with Gasteiger partial charge in [0.05, 0.1) is 10.9 Å². The molecular formula is C12H7BrF3NO2. The first-order valence-electron chi connectivity index (χ1n) is 5.15. The third kappa shape index (κ3) is 3.04. The number of nitrogens with zero attached hydrogens (tertiary/aromatic N) is 1. The summed E-state index contributed by atoms with van der Waals surface area (Å²) in [5, 5.41) is 3.65. The Morgan fingerprint density at radius 3 is 2.68 bits per heavy atom. The van der Waals surface area contributed by atoms with Crippen LogP contribution in [0.3, 0.4) is 0 Å². The average Bonchev–Trinajstić information content (AvgIpc) is 2.86. The lowest BCUT2D eigenvalue weighted by Gasteiger charge is -2.06. The number of Topliss-reactive ketones (excluding diaryl/α,β-unsaturated/α-hetero) is 1. The monoisotopic (exact) mass is 333 g/mol. The molecule has 0 aliphatic carbocycles. The van der Waals surface area contributed by atoms with Crippen LogP contribution in [0.15, 0.2) is 34.9 Å². The second kappa shape index (κ2) is 5.16. The number of carbonyl (C=O) groups excluding carboxylic acids is 1. The number of halogens is 4. The van der Waals surface area contributed by atoms with Crippen molar-refractivity contribution in [3.8, 4) is 11.3 Å².